The van der Waals surface area contributed by atoms with E-state index in [9.17, 15) is 13.2 Å². The predicted molar refractivity (Wildman–Crippen MR) is 102 cm³/mol. The van der Waals surface area contributed by atoms with Crippen molar-refractivity contribution in [1.82, 2.24) is 9.62 Å². The predicted octanol–water partition coefficient (Wildman–Crippen LogP) is 2.31. The fourth-order valence-electron chi connectivity index (χ4n) is 4.24. The van der Waals surface area contributed by atoms with Crippen LogP contribution in [0.1, 0.15) is 26.2 Å². The zero-order valence-corrected chi connectivity index (χ0v) is 15.6. The normalized spacial score (nSPS) is 23.7. The molecule has 2 fully saturated rings. The first-order valence-corrected chi connectivity index (χ1v) is 10.5. The molecule has 0 saturated carbocycles. The van der Waals surface area contributed by atoms with E-state index in [1.165, 1.54) is 6.92 Å². The number of carbonyl (C=O) groups excluding carboxylic acids is 1. The third-order valence-electron chi connectivity index (χ3n) is 5.34. The van der Waals surface area contributed by atoms with Crippen molar-refractivity contribution in [3.8, 4) is 0 Å². The highest BCUT2D eigenvalue weighted by Crippen LogP contribution is 2.37. The molecule has 1 amide bonds. The first-order valence-electron chi connectivity index (χ1n) is 9.02. The molecule has 2 aromatic carbocycles. The van der Waals surface area contributed by atoms with E-state index in [2.05, 4.69) is 10.6 Å². The van der Waals surface area contributed by atoms with Gasteiger partial charge in [0, 0.05) is 42.0 Å². The van der Waals surface area contributed by atoms with Gasteiger partial charge in [-0.1, -0.05) is 24.3 Å². The molecule has 26 heavy (non-hydrogen) atoms. The number of rotatable bonds is 3. The number of hydrogen-bond donors (Lipinski definition) is 2. The molecular weight excluding hydrogens is 350 g/mol. The number of anilines is 1. The zero-order valence-electron chi connectivity index (χ0n) is 14.7. The van der Waals surface area contributed by atoms with Crippen molar-refractivity contribution in [1.29, 1.82) is 0 Å². The van der Waals surface area contributed by atoms with Gasteiger partial charge in [0.1, 0.15) is 0 Å². The molecule has 2 heterocycles. The molecule has 2 aliphatic rings. The Bertz CT molecular complexity index is 944. The van der Waals surface area contributed by atoms with Gasteiger partial charge in [0.25, 0.3) is 0 Å². The van der Waals surface area contributed by atoms with E-state index >= 15 is 0 Å². The highest BCUT2D eigenvalue weighted by Gasteiger charge is 2.43. The van der Waals surface area contributed by atoms with Crippen LogP contribution in [0.25, 0.3) is 10.8 Å². The Kier molecular flexibility index (Phi) is 4.46. The number of fused-ring (bicyclic) bond motifs is 3. The van der Waals surface area contributed by atoms with E-state index in [4.69, 9.17) is 0 Å². The molecule has 4 rings (SSSR count). The van der Waals surface area contributed by atoms with Gasteiger partial charge in [0.05, 0.1) is 4.90 Å². The SMILES string of the molecule is CC(=O)Nc1ccc(S(=O)(=O)N2C3CCNCC2CC3)c2ccccc12. The zero-order chi connectivity index (χ0) is 18.3. The maximum absolute atomic E-state index is 13.6. The van der Waals surface area contributed by atoms with Gasteiger partial charge in [0.2, 0.25) is 15.9 Å². The van der Waals surface area contributed by atoms with Crippen LogP contribution >= 0.6 is 0 Å². The van der Waals surface area contributed by atoms with Gasteiger partial charge in [-0.25, -0.2) is 8.42 Å². The minimum atomic E-state index is -3.61. The summed E-state index contributed by atoms with van der Waals surface area (Å²) >= 11 is 0. The van der Waals surface area contributed by atoms with Crippen molar-refractivity contribution in [2.75, 3.05) is 18.4 Å². The molecule has 7 heteroatoms. The average molecular weight is 373 g/mol. The quantitative estimate of drug-likeness (QED) is 0.865. The Balaban J connectivity index is 1.85. The van der Waals surface area contributed by atoms with E-state index in [1.54, 1.807) is 16.4 Å². The summed E-state index contributed by atoms with van der Waals surface area (Å²) in [6, 6.07) is 10.7. The van der Waals surface area contributed by atoms with Crippen LogP contribution < -0.4 is 10.6 Å². The van der Waals surface area contributed by atoms with E-state index < -0.39 is 10.0 Å². The van der Waals surface area contributed by atoms with Gasteiger partial charge in [-0.15, -0.1) is 0 Å². The minimum Gasteiger partial charge on any atom is -0.326 e. The maximum Gasteiger partial charge on any atom is 0.244 e. The molecule has 2 unspecified atom stereocenters. The van der Waals surface area contributed by atoms with E-state index in [-0.39, 0.29) is 18.0 Å². The van der Waals surface area contributed by atoms with Gasteiger partial charge in [-0.3, -0.25) is 4.79 Å². The topological polar surface area (TPSA) is 78.5 Å². The van der Waals surface area contributed by atoms with Crippen LogP contribution in [0.4, 0.5) is 5.69 Å². The van der Waals surface area contributed by atoms with E-state index in [0.29, 0.717) is 22.5 Å². The molecule has 0 radical (unpaired) electrons. The molecule has 2 saturated heterocycles. The molecule has 138 valence electrons. The first kappa shape index (κ1) is 17.5. The van der Waals surface area contributed by atoms with E-state index in [0.717, 1.165) is 31.2 Å². The van der Waals surface area contributed by atoms with Gasteiger partial charge in [-0.2, -0.15) is 4.31 Å². The minimum absolute atomic E-state index is 0.0151. The largest absolute Gasteiger partial charge is 0.326 e. The number of nitrogens with zero attached hydrogens (tertiary/aromatic N) is 1. The molecule has 6 nitrogen and oxygen atoms in total. The molecule has 2 bridgehead atoms. The summed E-state index contributed by atoms with van der Waals surface area (Å²) in [5.74, 6) is -0.178. The second-order valence-electron chi connectivity index (χ2n) is 7.05. The summed E-state index contributed by atoms with van der Waals surface area (Å²) in [6.45, 7) is 3.01. The van der Waals surface area contributed by atoms with Crippen molar-refractivity contribution in [3.05, 3.63) is 36.4 Å². The van der Waals surface area contributed by atoms with Crippen LogP contribution in [0.2, 0.25) is 0 Å². The van der Waals surface area contributed by atoms with Crippen LogP contribution in [-0.4, -0.2) is 43.8 Å². The van der Waals surface area contributed by atoms with E-state index in [1.807, 2.05) is 24.3 Å². The highest BCUT2D eigenvalue weighted by atomic mass is 32.2. The summed E-state index contributed by atoms with van der Waals surface area (Å²) in [5.41, 5.74) is 0.632. The van der Waals surface area contributed by atoms with Crippen LogP contribution in [-0.2, 0) is 14.8 Å². The molecule has 0 aromatic heterocycles. The van der Waals surface area contributed by atoms with Crippen LogP contribution in [0.3, 0.4) is 0 Å². The number of nitrogens with one attached hydrogen (secondary N) is 2. The summed E-state index contributed by atoms with van der Waals surface area (Å²) in [7, 11) is -3.61. The smallest absolute Gasteiger partial charge is 0.244 e. The molecular formula is C19H23N3O3S. The standard InChI is InChI=1S/C19H23N3O3S/c1-13(23)21-18-8-9-19(17-5-3-2-4-16(17)18)26(24,25)22-14-6-7-15(22)12-20-11-10-14/h2-5,8-9,14-15,20H,6-7,10-12H2,1H3,(H,21,23). The number of carbonyl (C=O) groups is 1. The first-order chi connectivity index (χ1) is 12.5. The number of hydrogen-bond acceptors (Lipinski definition) is 4. The fraction of sp³-hybridized carbons (Fsp3) is 0.421. The molecule has 2 aromatic rings. The molecule has 2 atom stereocenters. The second-order valence-corrected chi connectivity index (χ2v) is 8.86. The van der Waals surface area contributed by atoms with Crippen molar-refractivity contribution < 1.29 is 13.2 Å². The summed E-state index contributed by atoms with van der Waals surface area (Å²) in [4.78, 5) is 11.8. The number of sulfonamides is 1. The average Bonchev–Trinajstić information content (AvgIpc) is 2.88. The monoisotopic (exact) mass is 373 g/mol. The summed E-state index contributed by atoms with van der Waals surface area (Å²) in [6.07, 6.45) is 2.67. The fourth-order valence-corrected chi connectivity index (χ4v) is 6.34. The van der Waals surface area contributed by atoms with Gasteiger partial charge in [0.15, 0.2) is 0 Å². The van der Waals surface area contributed by atoms with Crippen molar-refractivity contribution >= 4 is 32.4 Å². The Hall–Kier alpha value is -1.96. The Labute approximate surface area is 153 Å². The molecule has 0 spiro atoms. The second kappa shape index (κ2) is 6.64. The number of amides is 1. The maximum atomic E-state index is 13.6. The lowest BCUT2D eigenvalue weighted by atomic mass is 10.1. The van der Waals surface area contributed by atoms with Crippen LogP contribution in [0.5, 0.6) is 0 Å². The lowest BCUT2D eigenvalue weighted by Crippen LogP contribution is -2.42. The van der Waals surface area contributed by atoms with Gasteiger partial charge < -0.3 is 10.6 Å². The van der Waals surface area contributed by atoms with Gasteiger partial charge >= 0.3 is 0 Å². The lowest BCUT2D eigenvalue weighted by molar-refractivity contribution is -0.114. The molecule has 0 aliphatic carbocycles. The van der Waals surface area contributed by atoms with Crippen molar-refractivity contribution in [2.45, 2.75) is 43.2 Å². The Morgan fingerprint density at radius 2 is 1.81 bits per heavy atom. The highest BCUT2D eigenvalue weighted by molar-refractivity contribution is 7.89. The van der Waals surface area contributed by atoms with Crippen molar-refractivity contribution in [2.24, 2.45) is 0 Å². The van der Waals surface area contributed by atoms with Crippen molar-refractivity contribution in [3.63, 3.8) is 0 Å². The molecule has 2 N–H and O–H groups in total. The Morgan fingerprint density at radius 3 is 2.58 bits per heavy atom. The molecule has 2 aliphatic heterocycles. The number of benzene rings is 2. The van der Waals surface area contributed by atoms with Crippen LogP contribution in [0, 0.1) is 0 Å². The Morgan fingerprint density at radius 1 is 1.08 bits per heavy atom. The van der Waals surface area contributed by atoms with Crippen LogP contribution in [0.15, 0.2) is 41.3 Å². The lowest BCUT2D eigenvalue weighted by Gasteiger charge is -2.27. The third-order valence-corrected chi connectivity index (χ3v) is 7.40. The summed E-state index contributed by atoms with van der Waals surface area (Å²) in [5, 5.41) is 7.52. The van der Waals surface area contributed by atoms with Gasteiger partial charge in [-0.05, 0) is 37.9 Å². The summed E-state index contributed by atoms with van der Waals surface area (Å²) < 4.78 is 28.8. The third kappa shape index (κ3) is 2.90.